The minimum atomic E-state index is -0.370. The van der Waals surface area contributed by atoms with Crippen LogP contribution in [0.5, 0.6) is 5.75 Å². The van der Waals surface area contributed by atoms with Crippen LogP contribution >= 0.6 is 0 Å². The van der Waals surface area contributed by atoms with Crippen molar-refractivity contribution in [3.63, 3.8) is 0 Å². The summed E-state index contributed by atoms with van der Waals surface area (Å²) in [4.78, 5) is 10.6. The van der Waals surface area contributed by atoms with E-state index in [2.05, 4.69) is 0 Å². The maximum absolute atomic E-state index is 13.4. The highest BCUT2D eigenvalue weighted by atomic mass is 19.1. The molecule has 0 N–H and O–H groups in total. The number of carbonyl (C=O) groups is 1. The van der Waals surface area contributed by atoms with Gasteiger partial charge in [0.25, 0.3) is 0 Å². The molecular formula is C15H13FO2. The van der Waals surface area contributed by atoms with Crippen LogP contribution in [0, 0.1) is 5.82 Å². The molecule has 0 unspecified atom stereocenters. The van der Waals surface area contributed by atoms with E-state index in [1.807, 2.05) is 19.1 Å². The fraction of sp³-hybridized carbons (Fsp3) is 0.133. The second-order valence-corrected chi connectivity index (χ2v) is 3.82. The quantitative estimate of drug-likeness (QED) is 0.766. The van der Waals surface area contributed by atoms with Crippen LogP contribution in [0.3, 0.4) is 0 Å². The van der Waals surface area contributed by atoms with Crippen molar-refractivity contribution >= 4 is 6.29 Å². The largest absolute Gasteiger partial charge is 0.491 e. The van der Waals surface area contributed by atoms with Gasteiger partial charge in [-0.3, -0.25) is 4.79 Å². The summed E-state index contributed by atoms with van der Waals surface area (Å²) in [7, 11) is 0. The van der Waals surface area contributed by atoms with Gasteiger partial charge in [0.05, 0.1) is 6.61 Å². The highest BCUT2D eigenvalue weighted by Crippen LogP contribution is 2.26. The van der Waals surface area contributed by atoms with Crippen LogP contribution in [0.2, 0.25) is 0 Å². The Morgan fingerprint density at radius 2 is 1.78 bits per heavy atom. The maximum atomic E-state index is 13.4. The molecule has 0 atom stereocenters. The first-order chi connectivity index (χ1) is 8.74. The molecule has 0 radical (unpaired) electrons. The first-order valence-electron chi connectivity index (χ1n) is 5.72. The average Bonchev–Trinajstić information content (AvgIpc) is 2.42. The average molecular weight is 244 g/mol. The van der Waals surface area contributed by atoms with E-state index >= 15 is 0 Å². The predicted molar refractivity (Wildman–Crippen MR) is 68.4 cm³/mol. The van der Waals surface area contributed by atoms with E-state index < -0.39 is 0 Å². The molecule has 18 heavy (non-hydrogen) atoms. The minimum absolute atomic E-state index is 0.245. The molecule has 0 aliphatic rings. The van der Waals surface area contributed by atoms with E-state index in [-0.39, 0.29) is 11.6 Å². The molecule has 0 fully saturated rings. The smallest absolute Gasteiger partial charge is 0.165 e. The Hall–Kier alpha value is -2.16. The predicted octanol–water partition coefficient (Wildman–Crippen LogP) is 3.70. The molecule has 0 amide bonds. The molecule has 0 heterocycles. The van der Waals surface area contributed by atoms with Crippen LogP contribution in [0.4, 0.5) is 4.39 Å². The zero-order chi connectivity index (χ0) is 13.0. The monoisotopic (exact) mass is 244 g/mol. The number of hydrogen-bond donors (Lipinski definition) is 0. The van der Waals surface area contributed by atoms with E-state index in [1.165, 1.54) is 6.07 Å². The van der Waals surface area contributed by atoms with Crippen molar-refractivity contribution in [3.8, 4) is 16.9 Å². The van der Waals surface area contributed by atoms with Gasteiger partial charge in [0.2, 0.25) is 0 Å². The Kier molecular flexibility index (Phi) is 3.72. The Balaban J connectivity index is 2.37. The number of benzene rings is 2. The van der Waals surface area contributed by atoms with E-state index in [1.54, 1.807) is 24.3 Å². The molecule has 0 aliphatic carbocycles. The third kappa shape index (κ3) is 2.56. The van der Waals surface area contributed by atoms with Gasteiger partial charge in [-0.1, -0.05) is 30.3 Å². The standard InChI is InChI=1S/C15H13FO2/c1-2-18-15-9-13(7-8-14(15)16)12-5-3-11(10-17)4-6-12/h3-10H,2H2,1H3. The summed E-state index contributed by atoms with van der Waals surface area (Å²) in [5.41, 5.74) is 2.39. The van der Waals surface area contributed by atoms with Crippen LogP contribution in [0.15, 0.2) is 42.5 Å². The lowest BCUT2D eigenvalue weighted by Gasteiger charge is -2.07. The van der Waals surface area contributed by atoms with Gasteiger partial charge in [0.1, 0.15) is 6.29 Å². The van der Waals surface area contributed by atoms with Crippen molar-refractivity contribution in [3.05, 3.63) is 53.8 Å². The second kappa shape index (κ2) is 5.45. The molecule has 2 rings (SSSR count). The number of hydrogen-bond acceptors (Lipinski definition) is 2. The molecular weight excluding hydrogens is 231 g/mol. The van der Waals surface area contributed by atoms with Gasteiger partial charge >= 0.3 is 0 Å². The van der Waals surface area contributed by atoms with Crippen molar-refractivity contribution in [2.45, 2.75) is 6.92 Å². The highest BCUT2D eigenvalue weighted by Gasteiger charge is 2.05. The number of aldehydes is 1. The summed E-state index contributed by atoms with van der Waals surface area (Å²) >= 11 is 0. The molecule has 2 nitrogen and oxygen atoms in total. The SMILES string of the molecule is CCOc1cc(-c2ccc(C=O)cc2)ccc1F. The van der Waals surface area contributed by atoms with E-state index in [4.69, 9.17) is 4.74 Å². The summed E-state index contributed by atoms with van der Waals surface area (Å²) < 4.78 is 18.6. The Labute approximate surface area is 105 Å². The topological polar surface area (TPSA) is 26.3 Å². The lowest BCUT2D eigenvalue weighted by Crippen LogP contribution is -1.94. The van der Waals surface area contributed by atoms with Crippen LogP contribution in [-0.4, -0.2) is 12.9 Å². The van der Waals surface area contributed by atoms with E-state index in [9.17, 15) is 9.18 Å². The molecule has 2 aromatic carbocycles. The first-order valence-corrected chi connectivity index (χ1v) is 5.72. The van der Waals surface area contributed by atoms with Gasteiger partial charge < -0.3 is 4.74 Å². The summed E-state index contributed by atoms with van der Waals surface area (Å²) in [5, 5.41) is 0. The number of rotatable bonds is 4. The van der Waals surface area contributed by atoms with Gasteiger partial charge in [-0.25, -0.2) is 4.39 Å². The van der Waals surface area contributed by atoms with Crippen molar-refractivity contribution < 1.29 is 13.9 Å². The third-order valence-corrected chi connectivity index (χ3v) is 2.61. The molecule has 92 valence electrons. The molecule has 0 saturated carbocycles. The number of halogens is 1. The molecule has 2 aromatic rings. The molecule has 0 aromatic heterocycles. The van der Waals surface area contributed by atoms with Gasteiger partial charge in [-0.05, 0) is 30.2 Å². The Morgan fingerprint density at radius 3 is 2.39 bits per heavy atom. The van der Waals surface area contributed by atoms with Gasteiger partial charge in [-0.15, -0.1) is 0 Å². The van der Waals surface area contributed by atoms with Gasteiger partial charge in [0, 0.05) is 5.56 Å². The summed E-state index contributed by atoms with van der Waals surface area (Å²) in [6.45, 7) is 2.23. The number of ether oxygens (including phenoxy) is 1. The van der Waals surface area contributed by atoms with Crippen molar-refractivity contribution in [1.82, 2.24) is 0 Å². The summed E-state index contributed by atoms with van der Waals surface area (Å²) in [6.07, 6.45) is 0.792. The normalized spacial score (nSPS) is 10.1. The lowest BCUT2D eigenvalue weighted by molar-refractivity contribution is 0.112. The maximum Gasteiger partial charge on any atom is 0.165 e. The fourth-order valence-electron chi connectivity index (χ4n) is 1.70. The molecule has 0 bridgehead atoms. The minimum Gasteiger partial charge on any atom is -0.491 e. The fourth-order valence-corrected chi connectivity index (χ4v) is 1.70. The number of carbonyl (C=O) groups excluding carboxylic acids is 1. The molecule has 0 spiro atoms. The second-order valence-electron chi connectivity index (χ2n) is 3.82. The molecule has 0 saturated heterocycles. The van der Waals surface area contributed by atoms with Gasteiger partial charge in [0.15, 0.2) is 11.6 Å². The Morgan fingerprint density at radius 1 is 1.11 bits per heavy atom. The summed E-state index contributed by atoms with van der Waals surface area (Å²) in [5.74, 6) is -0.125. The molecule has 3 heteroatoms. The third-order valence-electron chi connectivity index (χ3n) is 2.61. The van der Waals surface area contributed by atoms with Crippen LogP contribution in [0.25, 0.3) is 11.1 Å². The Bertz CT molecular complexity index is 547. The van der Waals surface area contributed by atoms with Crippen LogP contribution in [-0.2, 0) is 0 Å². The van der Waals surface area contributed by atoms with Crippen LogP contribution in [0.1, 0.15) is 17.3 Å². The van der Waals surface area contributed by atoms with Crippen molar-refractivity contribution in [2.24, 2.45) is 0 Å². The summed E-state index contributed by atoms with van der Waals surface area (Å²) in [6, 6.07) is 11.8. The zero-order valence-corrected chi connectivity index (χ0v) is 10.0. The van der Waals surface area contributed by atoms with Crippen LogP contribution < -0.4 is 4.74 Å². The lowest BCUT2D eigenvalue weighted by atomic mass is 10.0. The van der Waals surface area contributed by atoms with E-state index in [0.29, 0.717) is 12.2 Å². The zero-order valence-electron chi connectivity index (χ0n) is 10.0. The van der Waals surface area contributed by atoms with Crippen molar-refractivity contribution in [1.29, 1.82) is 0 Å². The van der Waals surface area contributed by atoms with Crippen molar-refractivity contribution in [2.75, 3.05) is 6.61 Å². The highest BCUT2D eigenvalue weighted by molar-refractivity contribution is 5.77. The first kappa shape index (κ1) is 12.3. The molecule has 0 aliphatic heterocycles. The van der Waals surface area contributed by atoms with E-state index in [0.717, 1.165) is 17.4 Å². The van der Waals surface area contributed by atoms with Gasteiger partial charge in [-0.2, -0.15) is 0 Å².